The van der Waals surface area contributed by atoms with Crippen molar-refractivity contribution >= 4 is 17.7 Å². The van der Waals surface area contributed by atoms with Gasteiger partial charge in [-0.25, -0.2) is 0 Å². The second kappa shape index (κ2) is 5.03. The molecule has 3 atom stereocenters. The van der Waals surface area contributed by atoms with Gasteiger partial charge in [0.05, 0.1) is 6.04 Å². The molecule has 82 valence electrons. The van der Waals surface area contributed by atoms with Gasteiger partial charge in [-0.15, -0.1) is 0 Å². The number of nitrogens with two attached hydrogens (primary N) is 1. The molecular formula is C10H20N2OS. The molecule has 3 nitrogen and oxygen atoms in total. The summed E-state index contributed by atoms with van der Waals surface area (Å²) in [5.74, 6) is 1.15. The summed E-state index contributed by atoms with van der Waals surface area (Å²) >= 11 is 1.93. The summed E-state index contributed by atoms with van der Waals surface area (Å²) in [6, 6.07) is 0.00611. The molecule has 14 heavy (non-hydrogen) atoms. The summed E-state index contributed by atoms with van der Waals surface area (Å²) in [6.07, 6.45) is 0.726. The third-order valence-electron chi connectivity index (χ3n) is 2.92. The lowest BCUT2D eigenvalue weighted by atomic mass is 10.1. The average molecular weight is 216 g/mol. The number of carbonyl (C=O) groups is 1. The minimum Gasteiger partial charge on any atom is -0.337 e. The second-order valence-electron chi connectivity index (χ2n) is 3.86. The fraction of sp³-hybridized carbons (Fsp3) is 0.900. The van der Waals surface area contributed by atoms with E-state index in [2.05, 4.69) is 13.8 Å². The lowest BCUT2D eigenvalue weighted by Gasteiger charge is -2.38. The monoisotopic (exact) mass is 216 g/mol. The Morgan fingerprint density at radius 1 is 1.64 bits per heavy atom. The molecule has 2 N–H and O–H groups in total. The SMILES string of the molecule is CC[C@H](N)C(=O)N1CCSC(C)C1C. The van der Waals surface area contributed by atoms with Crippen LogP contribution in [0.25, 0.3) is 0 Å². The van der Waals surface area contributed by atoms with Crippen LogP contribution in [0.2, 0.25) is 0 Å². The van der Waals surface area contributed by atoms with Crippen molar-refractivity contribution in [3.63, 3.8) is 0 Å². The van der Waals surface area contributed by atoms with E-state index < -0.39 is 0 Å². The van der Waals surface area contributed by atoms with Gasteiger partial charge in [-0.05, 0) is 13.3 Å². The van der Waals surface area contributed by atoms with Gasteiger partial charge in [-0.3, -0.25) is 4.79 Å². The third-order valence-corrected chi connectivity index (χ3v) is 4.26. The van der Waals surface area contributed by atoms with Crippen molar-refractivity contribution in [3.8, 4) is 0 Å². The first-order valence-electron chi connectivity index (χ1n) is 5.25. The Kier molecular flexibility index (Phi) is 4.26. The van der Waals surface area contributed by atoms with Crippen LogP contribution < -0.4 is 5.73 Å². The van der Waals surface area contributed by atoms with Gasteiger partial charge in [-0.1, -0.05) is 13.8 Å². The van der Waals surface area contributed by atoms with E-state index in [0.717, 1.165) is 18.7 Å². The van der Waals surface area contributed by atoms with Crippen LogP contribution in [0.1, 0.15) is 27.2 Å². The molecule has 1 fully saturated rings. The van der Waals surface area contributed by atoms with Crippen molar-refractivity contribution in [3.05, 3.63) is 0 Å². The number of nitrogens with zero attached hydrogens (tertiary/aromatic N) is 1. The molecule has 0 aromatic carbocycles. The zero-order chi connectivity index (χ0) is 10.7. The summed E-state index contributed by atoms with van der Waals surface area (Å²) in [7, 11) is 0. The first kappa shape index (κ1) is 11.9. The van der Waals surface area contributed by atoms with Crippen LogP contribution in [0, 0.1) is 0 Å². The van der Waals surface area contributed by atoms with E-state index in [0.29, 0.717) is 11.3 Å². The van der Waals surface area contributed by atoms with E-state index in [1.54, 1.807) is 0 Å². The van der Waals surface area contributed by atoms with Crippen molar-refractivity contribution in [2.75, 3.05) is 12.3 Å². The lowest BCUT2D eigenvalue weighted by molar-refractivity contribution is -0.134. The van der Waals surface area contributed by atoms with Crippen LogP contribution in [0.5, 0.6) is 0 Å². The molecule has 1 aliphatic rings. The molecule has 4 heteroatoms. The Labute approximate surface area is 90.4 Å². The maximum Gasteiger partial charge on any atom is 0.239 e. The highest BCUT2D eigenvalue weighted by molar-refractivity contribution is 8.00. The molecule has 0 aromatic heterocycles. The van der Waals surface area contributed by atoms with E-state index in [-0.39, 0.29) is 11.9 Å². The smallest absolute Gasteiger partial charge is 0.239 e. The Bertz CT molecular complexity index is 210. The topological polar surface area (TPSA) is 46.3 Å². The summed E-state index contributed by atoms with van der Waals surface area (Å²) in [6.45, 7) is 7.08. The lowest BCUT2D eigenvalue weighted by Crippen LogP contribution is -2.53. The zero-order valence-corrected chi connectivity index (χ0v) is 10.0. The maximum absolute atomic E-state index is 11.9. The number of amides is 1. The van der Waals surface area contributed by atoms with Gasteiger partial charge in [0.1, 0.15) is 0 Å². The number of rotatable bonds is 2. The molecule has 1 heterocycles. The van der Waals surface area contributed by atoms with Gasteiger partial charge in [0.15, 0.2) is 0 Å². The molecule has 0 radical (unpaired) electrons. The minimum atomic E-state index is -0.312. The summed E-state index contributed by atoms with van der Waals surface area (Å²) in [4.78, 5) is 13.8. The van der Waals surface area contributed by atoms with E-state index >= 15 is 0 Å². The fourth-order valence-corrected chi connectivity index (χ4v) is 2.73. The summed E-state index contributed by atoms with van der Waals surface area (Å²) in [5, 5.41) is 0.525. The van der Waals surface area contributed by atoms with Crippen molar-refractivity contribution in [1.29, 1.82) is 0 Å². The Balaban J connectivity index is 2.62. The first-order chi connectivity index (χ1) is 6.57. The van der Waals surface area contributed by atoms with Crippen molar-refractivity contribution in [1.82, 2.24) is 4.90 Å². The zero-order valence-electron chi connectivity index (χ0n) is 9.19. The average Bonchev–Trinajstić information content (AvgIpc) is 2.20. The number of thioether (sulfide) groups is 1. The first-order valence-corrected chi connectivity index (χ1v) is 6.30. The van der Waals surface area contributed by atoms with Gasteiger partial charge in [0.25, 0.3) is 0 Å². The van der Waals surface area contributed by atoms with Crippen LogP contribution in [-0.4, -0.2) is 40.4 Å². The molecule has 0 spiro atoms. The van der Waals surface area contributed by atoms with Crippen molar-refractivity contribution in [2.24, 2.45) is 5.73 Å². The highest BCUT2D eigenvalue weighted by Gasteiger charge is 2.30. The molecule has 1 aliphatic heterocycles. The predicted octanol–water partition coefficient (Wildman–Crippen LogP) is 1.08. The van der Waals surface area contributed by atoms with Crippen LogP contribution in [0.15, 0.2) is 0 Å². The number of carbonyl (C=O) groups excluding carboxylic acids is 1. The van der Waals surface area contributed by atoms with Gasteiger partial charge in [0.2, 0.25) is 5.91 Å². The molecule has 0 bridgehead atoms. The Morgan fingerprint density at radius 2 is 2.29 bits per heavy atom. The van der Waals surface area contributed by atoms with Gasteiger partial charge in [-0.2, -0.15) is 11.8 Å². The van der Waals surface area contributed by atoms with Gasteiger partial charge < -0.3 is 10.6 Å². The van der Waals surface area contributed by atoms with Crippen LogP contribution in [0.3, 0.4) is 0 Å². The van der Waals surface area contributed by atoms with Gasteiger partial charge in [0, 0.05) is 23.6 Å². The molecular weight excluding hydrogens is 196 g/mol. The fourth-order valence-electron chi connectivity index (χ4n) is 1.63. The molecule has 2 unspecified atom stereocenters. The largest absolute Gasteiger partial charge is 0.337 e. The van der Waals surface area contributed by atoms with E-state index in [1.165, 1.54) is 0 Å². The molecule has 0 aliphatic carbocycles. The molecule has 0 aromatic rings. The van der Waals surface area contributed by atoms with Crippen LogP contribution in [-0.2, 0) is 4.79 Å². The van der Waals surface area contributed by atoms with E-state index in [1.807, 2.05) is 23.6 Å². The number of hydrogen-bond acceptors (Lipinski definition) is 3. The molecule has 1 saturated heterocycles. The van der Waals surface area contributed by atoms with E-state index in [9.17, 15) is 4.79 Å². The molecule has 1 rings (SSSR count). The maximum atomic E-state index is 11.9. The molecule has 0 saturated carbocycles. The third kappa shape index (κ3) is 2.42. The summed E-state index contributed by atoms with van der Waals surface area (Å²) < 4.78 is 0. The highest BCUT2D eigenvalue weighted by atomic mass is 32.2. The van der Waals surface area contributed by atoms with Crippen LogP contribution >= 0.6 is 11.8 Å². The standard InChI is InChI=1S/C10H20N2OS/c1-4-9(11)10(13)12-5-6-14-8(3)7(12)2/h7-9H,4-6,11H2,1-3H3/t7?,8?,9-/m0/s1. The normalized spacial score (nSPS) is 30.1. The quantitative estimate of drug-likeness (QED) is 0.751. The van der Waals surface area contributed by atoms with Crippen molar-refractivity contribution in [2.45, 2.75) is 44.5 Å². The van der Waals surface area contributed by atoms with E-state index in [4.69, 9.17) is 5.73 Å². The van der Waals surface area contributed by atoms with Crippen molar-refractivity contribution < 1.29 is 4.79 Å². The van der Waals surface area contributed by atoms with Crippen LogP contribution in [0.4, 0.5) is 0 Å². The molecule has 1 amide bonds. The Hall–Kier alpha value is -0.220. The minimum absolute atomic E-state index is 0.118. The highest BCUT2D eigenvalue weighted by Crippen LogP contribution is 2.24. The van der Waals surface area contributed by atoms with Gasteiger partial charge >= 0.3 is 0 Å². The predicted molar refractivity (Wildman–Crippen MR) is 61.4 cm³/mol. The Morgan fingerprint density at radius 3 is 2.86 bits per heavy atom. The second-order valence-corrected chi connectivity index (χ2v) is 5.35. The summed E-state index contributed by atoms with van der Waals surface area (Å²) in [5.41, 5.74) is 5.76. The number of hydrogen-bond donors (Lipinski definition) is 1.